The number of nitrogens with zero attached hydrogens (tertiary/aromatic N) is 2. The van der Waals surface area contributed by atoms with Crippen LogP contribution in [0.15, 0.2) is 24.3 Å². The monoisotopic (exact) mass is 368 g/mol. The van der Waals surface area contributed by atoms with E-state index in [9.17, 15) is 9.59 Å². The van der Waals surface area contributed by atoms with Crippen molar-refractivity contribution >= 4 is 29.9 Å². The minimum absolute atomic E-state index is 0. The molecular weight excluding hydrogens is 340 g/mol. The second kappa shape index (κ2) is 8.65. The molecule has 0 bridgehead atoms. The number of piperidine rings is 1. The third-order valence-corrected chi connectivity index (χ3v) is 4.58. The standard InChI is InChI=1S/C18H28N4O2.ClH/c1-18(2)12-22(10-9-15(18)19)11-16(23)20-14-7-5-13(6-8-14)17(24)21(3)4;/h5-8,15H,9-12,19H2,1-4H3,(H,20,23);1H. The van der Waals surface area contributed by atoms with Crippen LogP contribution >= 0.6 is 12.4 Å². The van der Waals surface area contributed by atoms with Crippen LogP contribution in [0, 0.1) is 5.41 Å². The summed E-state index contributed by atoms with van der Waals surface area (Å²) in [5.41, 5.74) is 7.45. The number of hydrogen-bond donors (Lipinski definition) is 2. The summed E-state index contributed by atoms with van der Waals surface area (Å²) in [6, 6.07) is 7.13. The van der Waals surface area contributed by atoms with Gasteiger partial charge in [-0.2, -0.15) is 0 Å². The van der Waals surface area contributed by atoms with Gasteiger partial charge in [-0.1, -0.05) is 13.8 Å². The van der Waals surface area contributed by atoms with Crippen LogP contribution in [0.4, 0.5) is 5.69 Å². The largest absolute Gasteiger partial charge is 0.345 e. The molecule has 0 aromatic heterocycles. The van der Waals surface area contributed by atoms with Crippen molar-refractivity contribution in [3.8, 4) is 0 Å². The predicted octanol–water partition coefficient (Wildman–Crippen LogP) is 1.81. The maximum absolute atomic E-state index is 12.2. The van der Waals surface area contributed by atoms with Gasteiger partial charge < -0.3 is 16.0 Å². The molecule has 2 rings (SSSR count). The predicted molar refractivity (Wildman–Crippen MR) is 103 cm³/mol. The number of anilines is 1. The molecule has 6 nitrogen and oxygen atoms in total. The van der Waals surface area contributed by atoms with Crippen LogP contribution in [-0.2, 0) is 4.79 Å². The summed E-state index contributed by atoms with van der Waals surface area (Å²) >= 11 is 0. The van der Waals surface area contributed by atoms with Crippen molar-refractivity contribution in [1.29, 1.82) is 0 Å². The summed E-state index contributed by atoms with van der Waals surface area (Å²) < 4.78 is 0. The Morgan fingerprint density at radius 3 is 2.40 bits per heavy atom. The van der Waals surface area contributed by atoms with Gasteiger partial charge in [0.05, 0.1) is 6.54 Å². The van der Waals surface area contributed by atoms with Gasteiger partial charge in [0.2, 0.25) is 5.91 Å². The molecule has 3 N–H and O–H groups in total. The van der Waals surface area contributed by atoms with Crippen molar-refractivity contribution < 1.29 is 9.59 Å². The molecule has 1 aromatic carbocycles. The normalized spacial score (nSPS) is 19.6. The van der Waals surface area contributed by atoms with Crippen molar-refractivity contribution in [3.05, 3.63) is 29.8 Å². The molecule has 0 radical (unpaired) electrons. The van der Waals surface area contributed by atoms with Crippen molar-refractivity contribution in [2.45, 2.75) is 26.3 Å². The number of hydrogen-bond acceptors (Lipinski definition) is 4. The van der Waals surface area contributed by atoms with Gasteiger partial charge in [-0.05, 0) is 36.1 Å². The van der Waals surface area contributed by atoms with E-state index in [0.717, 1.165) is 19.5 Å². The number of rotatable bonds is 4. The van der Waals surface area contributed by atoms with Crippen LogP contribution in [0.3, 0.4) is 0 Å². The summed E-state index contributed by atoms with van der Waals surface area (Å²) in [5.74, 6) is -0.104. The molecular formula is C18H29ClN4O2. The van der Waals surface area contributed by atoms with Crippen molar-refractivity contribution in [3.63, 3.8) is 0 Å². The van der Waals surface area contributed by atoms with E-state index in [-0.39, 0.29) is 35.7 Å². The van der Waals surface area contributed by atoms with Crippen molar-refractivity contribution in [2.75, 3.05) is 39.0 Å². The zero-order valence-electron chi connectivity index (χ0n) is 15.4. The second-order valence-electron chi connectivity index (χ2n) is 7.42. The molecule has 1 atom stereocenters. The number of amides is 2. The van der Waals surface area contributed by atoms with Crippen LogP contribution in [-0.4, -0.2) is 61.4 Å². The molecule has 25 heavy (non-hydrogen) atoms. The Morgan fingerprint density at radius 1 is 1.28 bits per heavy atom. The van der Waals surface area contributed by atoms with E-state index in [1.54, 1.807) is 38.4 Å². The molecule has 7 heteroatoms. The minimum atomic E-state index is -0.0558. The number of halogens is 1. The van der Waals surface area contributed by atoms with Crippen LogP contribution in [0.25, 0.3) is 0 Å². The van der Waals surface area contributed by atoms with Gasteiger partial charge in [-0.25, -0.2) is 0 Å². The van der Waals surface area contributed by atoms with E-state index in [1.165, 1.54) is 4.90 Å². The highest BCUT2D eigenvalue weighted by Crippen LogP contribution is 2.27. The Bertz CT molecular complexity index is 602. The van der Waals surface area contributed by atoms with Gasteiger partial charge in [0, 0.05) is 44.5 Å². The summed E-state index contributed by atoms with van der Waals surface area (Å²) in [6.45, 7) is 6.30. The first kappa shape index (κ1) is 21.4. The van der Waals surface area contributed by atoms with E-state index in [2.05, 4.69) is 24.1 Å². The van der Waals surface area contributed by atoms with E-state index in [0.29, 0.717) is 17.8 Å². The molecule has 1 heterocycles. The molecule has 0 spiro atoms. The molecule has 1 aliphatic rings. The summed E-state index contributed by atoms with van der Waals surface area (Å²) in [6.07, 6.45) is 0.904. The third kappa shape index (κ3) is 5.70. The lowest BCUT2D eigenvalue weighted by Crippen LogP contribution is -2.53. The van der Waals surface area contributed by atoms with E-state index in [1.807, 2.05) is 0 Å². The Morgan fingerprint density at radius 2 is 1.88 bits per heavy atom. The maximum Gasteiger partial charge on any atom is 0.253 e. The van der Waals surface area contributed by atoms with Crippen LogP contribution in [0.2, 0.25) is 0 Å². The number of nitrogens with one attached hydrogen (secondary N) is 1. The lowest BCUT2D eigenvalue weighted by molar-refractivity contribution is -0.118. The van der Waals surface area contributed by atoms with Gasteiger partial charge in [0.25, 0.3) is 5.91 Å². The fourth-order valence-electron chi connectivity index (χ4n) is 2.98. The summed E-state index contributed by atoms with van der Waals surface area (Å²) in [5, 5.41) is 2.89. The molecule has 140 valence electrons. The van der Waals surface area contributed by atoms with E-state index >= 15 is 0 Å². The first-order chi connectivity index (χ1) is 11.2. The van der Waals surface area contributed by atoms with Gasteiger partial charge in [0.1, 0.15) is 0 Å². The highest BCUT2D eigenvalue weighted by Gasteiger charge is 2.33. The molecule has 1 aromatic rings. The zero-order chi connectivity index (χ0) is 17.9. The van der Waals surface area contributed by atoms with Crippen LogP contribution in [0.5, 0.6) is 0 Å². The average molecular weight is 369 g/mol. The Kier molecular flexibility index (Phi) is 7.41. The second-order valence-corrected chi connectivity index (χ2v) is 7.42. The SMILES string of the molecule is CN(C)C(=O)c1ccc(NC(=O)CN2CCC(N)C(C)(C)C2)cc1.Cl. The summed E-state index contributed by atoms with van der Waals surface area (Å²) in [7, 11) is 3.42. The number of carbonyl (C=O) groups is 2. The first-order valence-electron chi connectivity index (χ1n) is 8.28. The minimum Gasteiger partial charge on any atom is -0.345 e. The molecule has 2 amide bonds. The van der Waals surface area contributed by atoms with Gasteiger partial charge in [0.15, 0.2) is 0 Å². The number of nitrogens with two attached hydrogens (primary N) is 1. The summed E-state index contributed by atoms with van der Waals surface area (Å²) in [4.78, 5) is 27.8. The highest BCUT2D eigenvalue weighted by atomic mass is 35.5. The first-order valence-corrected chi connectivity index (χ1v) is 8.28. The quantitative estimate of drug-likeness (QED) is 0.849. The van der Waals surface area contributed by atoms with Crippen molar-refractivity contribution in [1.82, 2.24) is 9.80 Å². The molecule has 0 aliphatic carbocycles. The average Bonchev–Trinajstić information content (AvgIpc) is 2.50. The van der Waals surface area contributed by atoms with Gasteiger partial charge >= 0.3 is 0 Å². The smallest absolute Gasteiger partial charge is 0.253 e. The number of benzene rings is 1. The molecule has 0 saturated carbocycles. The topological polar surface area (TPSA) is 78.7 Å². The Labute approximate surface area is 156 Å². The fraction of sp³-hybridized carbons (Fsp3) is 0.556. The van der Waals surface area contributed by atoms with Crippen LogP contribution < -0.4 is 11.1 Å². The highest BCUT2D eigenvalue weighted by molar-refractivity contribution is 5.96. The number of carbonyl (C=O) groups excluding carboxylic acids is 2. The van der Waals surface area contributed by atoms with Crippen LogP contribution in [0.1, 0.15) is 30.6 Å². The lowest BCUT2D eigenvalue weighted by Gasteiger charge is -2.42. The van der Waals surface area contributed by atoms with E-state index < -0.39 is 0 Å². The Hall–Kier alpha value is -1.63. The number of likely N-dealkylation sites (tertiary alicyclic amines) is 1. The molecule has 1 saturated heterocycles. The van der Waals surface area contributed by atoms with Crippen molar-refractivity contribution in [2.24, 2.45) is 11.1 Å². The molecule has 1 fully saturated rings. The zero-order valence-corrected chi connectivity index (χ0v) is 16.2. The lowest BCUT2D eigenvalue weighted by atomic mass is 9.80. The molecule has 1 unspecified atom stereocenters. The Balaban J connectivity index is 0.00000312. The third-order valence-electron chi connectivity index (χ3n) is 4.58. The van der Waals surface area contributed by atoms with Gasteiger partial charge in [-0.3, -0.25) is 14.5 Å². The fourth-order valence-corrected chi connectivity index (χ4v) is 2.98. The van der Waals surface area contributed by atoms with Gasteiger partial charge in [-0.15, -0.1) is 12.4 Å². The molecule has 1 aliphatic heterocycles. The van der Waals surface area contributed by atoms with E-state index in [4.69, 9.17) is 5.73 Å². The maximum atomic E-state index is 12.2.